The molecular formula is C24H27BClN5O4S. The van der Waals surface area contributed by atoms with Gasteiger partial charge in [0.15, 0.2) is 11.4 Å². The lowest BCUT2D eigenvalue weighted by molar-refractivity contribution is 0.219. The molecule has 1 aliphatic rings. The molecule has 1 aromatic carbocycles. The molecule has 0 amide bonds. The van der Waals surface area contributed by atoms with Gasteiger partial charge in [-0.1, -0.05) is 35.9 Å². The van der Waals surface area contributed by atoms with E-state index in [0.717, 1.165) is 12.0 Å². The third-order valence-corrected chi connectivity index (χ3v) is 7.91. The molecule has 0 aliphatic heterocycles. The summed E-state index contributed by atoms with van der Waals surface area (Å²) in [7, 11) is 5.55. The molecule has 2 N–H and O–H groups in total. The Labute approximate surface area is 217 Å². The molecule has 2 aromatic heterocycles. The number of halogens is 1. The summed E-state index contributed by atoms with van der Waals surface area (Å²) >= 11 is 6.37. The van der Waals surface area contributed by atoms with Crippen LogP contribution in [-0.4, -0.2) is 63.4 Å². The van der Waals surface area contributed by atoms with Crippen LogP contribution < -0.4 is 15.5 Å². The Hall–Kier alpha value is -3.02. The average Bonchev–Trinajstić information content (AvgIpc) is 3.26. The number of anilines is 1. The highest BCUT2D eigenvalue weighted by atomic mass is 35.5. The molecule has 2 heterocycles. The van der Waals surface area contributed by atoms with Crippen LogP contribution in [0.2, 0.25) is 5.02 Å². The first-order valence-corrected chi connectivity index (χ1v) is 13.4. The number of aromatic nitrogens is 3. The minimum atomic E-state index is -3.54. The molecule has 188 valence electrons. The van der Waals surface area contributed by atoms with Gasteiger partial charge in [0, 0.05) is 42.4 Å². The number of methoxy groups -OCH3 is 2. The Morgan fingerprint density at radius 3 is 2.72 bits per heavy atom. The molecule has 0 saturated heterocycles. The first-order valence-electron chi connectivity index (χ1n) is 11.4. The van der Waals surface area contributed by atoms with Gasteiger partial charge in [0.2, 0.25) is 10.0 Å². The van der Waals surface area contributed by atoms with Crippen LogP contribution in [0.3, 0.4) is 0 Å². The highest BCUT2D eigenvalue weighted by Gasteiger charge is 2.28. The summed E-state index contributed by atoms with van der Waals surface area (Å²) in [5, 5.41) is 7.55. The van der Waals surface area contributed by atoms with Crippen molar-refractivity contribution in [2.45, 2.75) is 24.5 Å². The van der Waals surface area contributed by atoms with Crippen LogP contribution in [0.1, 0.15) is 19.3 Å². The van der Waals surface area contributed by atoms with E-state index in [1.165, 1.54) is 14.2 Å². The largest absolute Gasteiger partial charge is 0.497 e. The van der Waals surface area contributed by atoms with Crippen LogP contribution in [0.25, 0.3) is 16.9 Å². The number of hydrogen-bond acceptors (Lipinski definition) is 7. The van der Waals surface area contributed by atoms with Crippen molar-refractivity contribution in [3.05, 3.63) is 65.2 Å². The fourth-order valence-corrected chi connectivity index (χ4v) is 5.45. The van der Waals surface area contributed by atoms with Gasteiger partial charge < -0.3 is 14.8 Å². The van der Waals surface area contributed by atoms with Crippen LogP contribution in [0, 0.1) is 0 Å². The Balaban J connectivity index is 1.34. The van der Waals surface area contributed by atoms with Gasteiger partial charge in [0.25, 0.3) is 0 Å². The minimum absolute atomic E-state index is 0.228. The highest BCUT2D eigenvalue weighted by Crippen LogP contribution is 2.28. The Bertz CT molecular complexity index is 1410. The number of rotatable bonds is 11. The summed E-state index contributed by atoms with van der Waals surface area (Å²) in [6.45, 7) is 0.919. The number of hydrogen-bond donors (Lipinski definition) is 2. The molecule has 12 heteroatoms. The van der Waals surface area contributed by atoms with Gasteiger partial charge in [-0.3, -0.25) is 0 Å². The smallest absolute Gasteiger partial charge is 0.218 e. The van der Waals surface area contributed by atoms with E-state index in [1.807, 2.05) is 30.3 Å². The number of unbranched alkanes of at least 4 members (excludes halogenated alkanes) is 1. The van der Waals surface area contributed by atoms with Crippen molar-refractivity contribution in [3.8, 4) is 11.3 Å². The lowest BCUT2D eigenvalue weighted by Gasteiger charge is -2.21. The van der Waals surface area contributed by atoms with E-state index in [1.54, 1.807) is 22.9 Å². The molecular weight excluding hydrogens is 501 g/mol. The maximum absolute atomic E-state index is 12.7. The van der Waals surface area contributed by atoms with Crippen LogP contribution in [0.15, 0.2) is 60.2 Å². The maximum atomic E-state index is 12.7. The van der Waals surface area contributed by atoms with Gasteiger partial charge in [-0.25, -0.2) is 18.1 Å². The van der Waals surface area contributed by atoms with Crippen LogP contribution in [-0.2, 0) is 19.5 Å². The summed E-state index contributed by atoms with van der Waals surface area (Å²) in [6.07, 6.45) is 6.40. The van der Waals surface area contributed by atoms with Crippen LogP contribution in [0.5, 0.6) is 0 Å². The van der Waals surface area contributed by atoms with Crippen molar-refractivity contribution in [2.75, 3.05) is 32.6 Å². The van der Waals surface area contributed by atoms with Gasteiger partial charge in [-0.15, -0.1) is 0 Å². The van der Waals surface area contributed by atoms with Crippen molar-refractivity contribution in [2.24, 2.45) is 0 Å². The molecule has 36 heavy (non-hydrogen) atoms. The predicted octanol–water partition coefficient (Wildman–Crippen LogP) is 2.79. The molecule has 1 atom stereocenters. The van der Waals surface area contributed by atoms with E-state index in [4.69, 9.17) is 28.9 Å². The molecule has 2 radical (unpaired) electrons. The standard InChI is InChI=1S/C24H27BClN5O4S/c1-34-21-10-9-16(13-22(21)35-2)36(32,33)29-12-6-5-11-27-23-14-20(17-7-3-4-8-19(17)26)30-24-18(25)15-28-31(23)24/h3-4,7-10,14-16,27,29H,5-6,11-13H2,1-2H3. The molecule has 0 bridgehead atoms. The number of nitrogens with zero attached hydrogens (tertiary/aromatic N) is 3. The van der Waals surface area contributed by atoms with E-state index in [2.05, 4.69) is 20.1 Å². The minimum Gasteiger partial charge on any atom is -0.497 e. The number of allylic oxidation sites excluding steroid dienone is 2. The number of ether oxygens (including phenoxy) is 2. The lowest BCUT2D eigenvalue weighted by atomic mass is 10.0. The fraction of sp³-hybridized carbons (Fsp3) is 0.333. The zero-order chi connectivity index (χ0) is 25.7. The Kier molecular flexibility index (Phi) is 8.23. The van der Waals surface area contributed by atoms with E-state index in [0.29, 0.717) is 58.7 Å². The zero-order valence-corrected chi connectivity index (χ0v) is 21.6. The molecule has 0 fully saturated rings. The molecule has 0 spiro atoms. The quantitative estimate of drug-likeness (QED) is 0.292. The lowest BCUT2D eigenvalue weighted by Crippen LogP contribution is -2.35. The second kappa shape index (κ2) is 11.4. The monoisotopic (exact) mass is 527 g/mol. The molecule has 4 rings (SSSR count). The van der Waals surface area contributed by atoms with Crippen molar-refractivity contribution < 1.29 is 17.9 Å². The number of sulfonamides is 1. The van der Waals surface area contributed by atoms with Gasteiger partial charge in [-0.05, 0) is 30.4 Å². The molecule has 0 saturated carbocycles. The second-order valence-corrected chi connectivity index (χ2v) is 10.6. The Morgan fingerprint density at radius 2 is 1.97 bits per heavy atom. The van der Waals surface area contributed by atoms with E-state index >= 15 is 0 Å². The zero-order valence-electron chi connectivity index (χ0n) is 20.1. The average molecular weight is 528 g/mol. The molecule has 9 nitrogen and oxygen atoms in total. The molecule has 1 unspecified atom stereocenters. The topological polar surface area (TPSA) is 107 Å². The summed E-state index contributed by atoms with van der Waals surface area (Å²) in [4.78, 5) is 4.63. The second-order valence-electron chi connectivity index (χ2n) is 8.21. The number of benzene rings is 1. The first-order chi connectivity index (χ1) is 17.3. The van der Waals surface area contributed by atoms with Crippen molar-refractivity contribution >= 4 is 46.4 Å². The molecule has 3 aromatic rings. The maximum Gasteiger partial charge on any atom is 0.218 e. The van der Waals surface area contributed by atoms with E-state index in [-0.39, 0.29) is 6.42 Å². The summed E-state index contributed by atoms with van der Waals surface area (Å²) in [5.74, 6) is 1.77. The number of nitrogens with one attached hydrogen (secondary N) is 2. The summed E-state index contributed by atoms with van der Waals surface area (Å²) in [6, 6.07) is 9.33. The fourth-order valence-electron chi connectivity index (χ4n) is 3.92. The predicted molar refractivity (Wildman–Crippen MR) is 142 cm³/mol. The van der Waals surface area contributed by atoms with Crippen LogP contribution in [0.4, 0.5) is 5.82 Å². The van der Waals surface area contributed by atoms with Crippen molar-refractivity contribution in [1.29, 1.82) is 0 Å². The summed E-state index contributed by atoms with van der Waals surface area (Å²) < 4.78 is 40.2. The first kappa shape index (κ1) is 26.1. The number of fused-ring (bicyclic) bond motifs is 1. The summed E-state index contributed by atoms with van der Waals surface area (Å²) in [5.41, 5.74) is 2.46. The normalized spacial score (nSPS) is 15.9. The molecule has 1 aliphatic carbocycles. The van der Waals surface area contributed by atoms with E-state index in [9.17, 15) is 8.42 Å². The van der Waals surface area contributed by atoms with E-state index < -0.39 is 15.3 Å². The SMILES string of the molecule is [B]c1cnn2c(NCCCCNS(=O)(=O)C3C=CC(OC)=C(OC)C3)cc(-c3ccccc3Cl)nc12. The van der Waals surface area contributed by atoms with Gasteiger partial charge in [0.1, 0.15) is 24.7 Å². The van der Waals surface area contributed by atoms with Crippen LogP contribution >= 0.6 is 11.6 Å². The van der Waals surface area contributed by atoms with Gasteiger partial charge in [-0.2, -0.15) is 9.61 Å². The van der Waals surface area contributed by atoms with Gasteiger partial charge in [0.05, 0.1) is 19.9 Å². The third-order valence-electron chi connectivity index (χ3n) is 5.85. The van der Waals surface area contributed by atoms with Crippen molar-refractivity contribution in [3.63, 3.8) is 0 Å². The van der Waals surface area contributed by atoms with Crippen molar-refractivity contribution in [1.82, 2.24) is 19.3 Å². The Morgan fingerprint density at radius 1 is 1.19 bits per heavy atom. The highest BCUT2D eigenvalue weighted by molar-refractivity contribution is 7.90. The third kappa shape index (κ3) is 5.69. The van der Waals surface area contributed by atoms with Gasteiger partial charge >= 0.3 is 0 Å².